The number of rotatable bonds is 24. The summed E-state index contributed by atoms with van der Waals surface area (Å²) in [6.45, 7) is 29.1. The van der Waals surface area contributed by atoms with Crippen LogP contribution in [0, 0.1) is 39.0 Å². The summed E-state index contributed by atoms with van der Waals surface area (Å²) < 4.78 is 111. The maximum atomic E-state index is 13.7. The van der Waals surface area contributed by atoms with Crippen molar-refractivity contribution in [1.29, 1.82) is 0 Å². The number of hydrogen-bond donors (Lipinski definition) is 0. The van der Waals surface area contributed by atoms with Gasteiger partial charge in [-0.1, -0.05) is 207 Å². The zero-order chi connectivity index (χ0) is 98.6. The summed E-state index contributed by atoms with van der Waals surface area (Å²) in [5.74, 6) is 1.33. The van der Waals surface area contributed by atoms with Crippen molar-refractivity contribution < 1.29 is 69.2 Å². The lowest BCUT2D eigenvalue weighted by molar-refractivity contribution is -0.186. The Kier molecular flexibility index (Phi) is 35.8. The van der Waals surface area contributed by atoms with Crippen molar-refractivity contribution >= 4 is 24.4 Å². The van der Waals surface area contributed by atoms with Crippen molar-refractivity contribution in [3.63, 3.8) is 0 Å². The van der Waals surface area contributed by atoms with Crippen molar-refractivity contribution in [3.05, 3.63) is 283 Å². The Balaban J connectivity index is 0.000000164. The third kappa shape index (κ3) is 27.4. The van der Waals surface area contributed by atoms with Gasteiger partial charge in [0.1, 0.15) is 46.9 Å². The zero-order valence-corrected chi connectivity index (χ0v) is 81.5. The van der Waals surface area contributed by atoms with Crippen LogP contribution >= 0.6 is 0 Å². The van der Waals surface area contributed by atoms with Gasteiger partial charge in [0.05, 0.1) is 92.1 Å². The number of fused-ring (bicyclic) bond motifs is 4. The van der Waals surface area contributed by atoms with Gasteiger partial charge in [0, 0.05) is 55.0 Å². The van der Waals surface area contributed by atoms with Gasteiger partial charge in [-0.25, -0.2) is 39.1 Å². The average molecular weight is 1900 g/mol. The zero-order valence-electron chi connectivity index (χ0n) is 81.5. The number of unbranched alkanes of at least 4 members (excludes halogenated alkanes) is 3. The summed E-state index contributed by atoms with van der Waals surface area (Å²) >= 11 is 0. The van der Waals surface area contributed by atoms with Crippen molar-refractivity contribution in [3.8, 4) is 5.75 Å². The molecule has 0 bridgehead atoms. The molecule has 5 aromatic carbocycles. The van der Waals surface area contributed by atoms with Gasteiger partial charge >= 0.3 is 36.7 Å². The van der Waals surface area contributed by atoms with E-state index in [1.54, 1.807) is 25.9 Å². The van der Waals surface area contributed by atoms with Crippen LogP contribution in [0.5, 0.6) is 5.75 Å². The van der Waals surface area contributed by atoms with Crippen LogP contribution < -0.4 is 27.0 Å². The van der Waals surface area contributed by atoms with Gasteiger partial charge in [0.25, 0.3) is 22.2 Å². The Morgan fingerprint density at radius 2 is 0.730 bits per heavy atom. The number of benzene rings is 5. The fourth-order valence-corrected chi connectivity index (χ4v) is 19.2. The standard InChI is InChI=1S/C28H39N3O3.C27H28F3N3O4.C27H34F3N3O3.C24H33N3O3/c1-5-6-12-25(21-10-8-7-9-11-21)31-20(2)29-24-19-30(18-15-23(24)26(31)32)27(33)34-22-13-16-28(3,4)17-14-22;1-3-36-17-24(20-7-5-4-6-8-20)33-18(2)31-23-16-32(14-13-22(23)25(33)34)26(35)37-21-11-9-19(10-12-21)15-27(28,29)30;1-3-4-10-24(19-8-6-5-7-9-19)33-18(2)31-23-17-32(16-15-22(23)25(33)34)26(35)36-21-13-11-20(12-14-21)27(28,29)30;1-6-7-13-21(18-11-9-8-10-12-18)27-17(2)25-20-16-26(15-14-19(20)22(27)28)23(29)30-24(3,4)5/h7-11,22,25H,5-6,12-19H2,1-4H3;4-12,24H,3,13-17H2,1-2H3;5-9,20-21,24H,3-4,10-17H2,1-2H3;8-12,21H,6-7,13-16H2,1-5H3. The second-order valence-corrected chi connectivity index (χ2v) is 38.4. The SMILES string of the molecule is CCCCC(c1ccccc1)n1c(C)nc2c(c1=O)CCN(C(=O)OC(C)(C)C)C2.CCCCC(c1ccccc1)n1c(C)nc2c(c1=O)CCN(C(=O)OC1CCC(C(F)(F)F)CC1)C2.CCCCC(c1ccccc1)n1c(C)nc2c(c1=O)CCN(C(=O)OC1CCC(C)(C)CC1)C2.CCOCC(c1ccccc1)n1c(C)nc2c(c1=O)CCN(C(=O)Oc1ccc(CC(F)(F)F)cc1)C2. The van der Waals surface area contributed by atoms with Gasteiger partial charge in [-0.3, -0.25) is 37.4 Å². The Labute approximate surface area is 798 Å². The highest BCUT2D eigenvalue weighted by atomic mass is 19.4. The van der Waals surface area contributed by atoms with Gasteiger partial charge in [0.15, 0.2) is 0 Å². The molecule has 4 aliphatic heterocycles. The summed E-state index contributed by atoms with van der Waals surface area (Å²) in [5.41, 5.74) is 9.07. The number of carbonyl (C=O) groups excluding carboxylic acids is 4. The molecule has 738 valence electrons. The average Bonchev–Trinajstić information content (AvgIpc) is 0.778. The second kappa shape index (κ2) is 47.1. The number of nitrogens with zero attached hydrogens (tertiary/aromatic N) is 12. The van der Waals surface area contributed by atoms with E-state index in [1.807, 2.05) is 155 Å². The van der Waals surface area contributed by atoms with Crippen LogP contribution in [0.1, 0.15) is 292 Å². The maximum absolute atomic E-state index is 13.7. The molecule has 25 nitrogen and oxygen atoms in total. The van der Waals surface area contributed by atoms with Crippen LogP contribution in [0.4, 0.5) is 45.5 Å². The highest BCUT2D eigenvalue weighted by Crippen LogP contribution is 2.41. The number of amides is 4. The highest BCUT2D eigenvalue weighted by molar-refractivity contribution is 5.71. The Morgan fingerprint density at radius 3 is 1.04 bits per heavy atom. The smallest absolute Gasteiger partial charge is 0.415 e. The predicted octanol–water partition coefficient (Wildman–Crippen LogP) is 21.2. The molecular formula is C106H134F6N12O13. The number of hydrogen-bond acceptors (Lipinski definition) is 17. The molecule has 8 heterocycles. The molecule has 2 fully saturated rings. The Morgan fingerprint density at radius 1 is 0.416 bits per heavy atom. The Bertz CT molecular complexity index is 5810. The topological polar surface area (TPSA) is 267 Å². The van der Waals surface area contributed by atoms with E-state index in [9.17, 15) is 64.7 Å². The molecular weight excluding hydrogens is 1760 g/mol. The van der Waals surface area contributed by atoms with Gasteiger partial charge in [-0.05, 0) is 197 Å². The first-order valence-electron chi connectivity index (χ1n) is 48.6. The van der Waals surface area contributed by atoms with E-state index in [4.69, 9.17) is 38.6 Å². The lowest BCUT2D eigenvalue weighted by Crippen LogP contribution is -2.43. The molecule has 137 heavy (non-hydrogen) atoms. The molecule has 4 aromatic heterocycles. The number of ether oxygens (including phenoxy) is 5. The molecule has 0 spiro atoms. The molecule has 0 saturated heterocycles. The minimum absolute atomic E-state index is 0.00480. The Hall–Kier alpha value is -11.8. The van der Waals surface area contributed by atoms with E-state index >= 15 is 0 Å². The van der Waals surface area contributed by atoms with Crippen molar-refractivity contribution in [2.45, 2.75) is 312 Å². The molecule has 15 rings (SSSR count). The molecule has 9 aromatic rings. The summed E-state index contributed by atoms with van der Waals surface area (Å²) in [7, 11) is 0. The molecule has 2 saturated carbocycles. The molecule has 0 N–H and O–H groups in total. The van der Waals surface area contributed by atoms with Crippen LogP contribution in [-0.4, -0.2) is 152 Å². The van der Waals surface area contributed by atoms with Gasteiger partial charge < -0.3 is 43.3 Å². The summed E-state index contributed by atoms with van der Waals surface area (Å²) in [5, 5.41) is 0. The van der Waals surface area contributed by atoms with E-state index < -0.39 is 48.6 Å². The third-order valence-electron chi connectivity index (χ3n) is 26.6. The summed E-state index contributed by atoms with van der Waals surface area (Å²) in [4.78, 5) is 130. The van der Waals surface area contributed by atoms with Crippen LogP contribution in [0.25, 0.3) is 0 Å². The molecule has 4 amide bonds. The maximum Gasteiger partial charge on any atom is 0.415 e. The van der Waals surface area contributed by atoms with Crippen molar-refractivity contribution in [1.82, 2.24) is 57.8 Å². The molecule has 4 atom stereocenters. The van der Waals surface area contributed by atoms with Crippen LogP contribution in [0.15, 0.2) is 165 Å². The largest absolute Gasteiger partial charge is 0.446 e. The third-order valence-corrected chi connectivity index (χ3v) is 26.6. The van der Waals surface area contributed by atoms with E-state index in [-0.39, 0.29) is 121 Å². The van der Waals surface area contributed by atoms with Gasteiger partial charge in [0.2, 0.25) is 0 Å². The monoisotopic (exact) mass is 1900 g/mol. The van der Waals surface area contributed by atoms with E-state index in [2.05, 4.69) is 63.9 Å². The number of aromatic nitrogens is 8. The van der Waals surface area contributed by atoms with Crippen molar-refractivity contribution in [2.24, 2.45) is 11.3 Å². The molecule has 6 aliphatic rings. The number of alkyl halides is 6. The fraction of sp³-hybridized carbons (Fsp3) is 0.528. The van der Waals surface area contributed by atoms with Crippen LogP contribution in [-0.2, 0) is 77.2 Å². The highest BCUT2D eigenvalue weighted by Gasteiger charge is 2.44. The number of halogens is 6. The van der Waals surface area contributed by atoms with Crippen LogP contribution in [0.3, 0.4) is 0 Å². The lowest BCUT2D eigenvalue weighted by Gasteiger charge is -2.35. The van der Waals surface area contributed by atoms with E-state index in [0.717, 1.165) is 117 Å². The molecule has 31 heteroatoms. The minimum Gasteiger partial charge on any atom is -0.446 e. The van der Waals surface area contributed by atoms with Crippen LogP contribution in [0.2, 0.25) is 0 Å². The fourth-order valence-electron chi connectivity index (χ4n) is 19.2. The number of aryl methyl sites for hydroxylation is 4. The normalized spacial score (nSPS) is 17.3. The van der Waals surface area contributed by atoms with Crippen molar-refractivity contribution in [2.75, 3.05) is 39.4 Å². The summed E-state index contributed by atoms with van der Waals surface area (Å²) in [6.07, 6.45) is 2.98. The molecule has 0 radical (unpaired) electrons. The first-order valence-corrected chi connectivity index (χ1v) is 48.6. The second-order valence-electron chi connectivity index (χ2n) is 38.4. The first-order chi connectivity index (χ1) is 65.3. The molecule has 2 aliphatic carbocycles. The van der Waals surface area contributed by atoms with E-state index in [1.165, 1.54) is 34.1 Å². The summed E-state index contributed by atoms with van der Waals surface area (Å²) in [6, 6.07) is 44.7. The van der Waals surface area contributed by atoms with Gasteiger partial charge in [-0.2, -0.15) is 26.3 Å². The lowest BCUT2D eigenvalue weighted by atomic mass is 9.76. The number of carbonyl (C=O) groups is 4. The van der Waals surface area contributed by atoms with Gasteiger partial charge in [-0.15, -0.1) is 0 Å². The predicted molar refractivity (Wildman–Crippen MR) is 512 cm³/mol. The first kappa shape index (κ1) is 104. The van der Waals surface area contributed by atoms with E-state index in [0.29, 0.717) is 134 Å². The molecule has 4 unspecified atom stereocenters. The minimum atomic E-state index is -4.31. The quantitative estimate of drug-likeness (QED) is 0.0402.